The van der Waals surface area contributed by atoms with Crippen LogP contribution in [0.3, 0.4) is 0 Å². The van der Waals surface area contributed by atoms with Gasteiger partial charge in [0.15, 0.2) is 11.7 Å². The lowest BCUT2D eigenvalue weighted by Crippen LogP contribution is -2.71. The average Bonchev–Trinajstić information content (AvgIpc) is 3.03. The molecule has 3 aliphatic rings. The molecule has 1 heterocycles. The second kappa shape index (κ2) is 12.6. The third-order valence-electron chi connectivity index (χ3n) is 9.52. The van der Waals surface area contributed by atoms with Gasteiger partial charge in [0.1, 0.15) is 24.4 Å². The van der Waals surface area contributed by atoms with Gasteiger partial charge in [0.25, 0.3) is 0 Å². The molecule has 1 saturated heterocycles. The minimum absolute atomic E-state index is 0.00221. The zero-order chi connectivity index (χ0) is 32.7. The van der Waals surface area contributed by atoms with Crippen LogP contribution in [0.5, 0.6) is 0 Å². The number of carbonyl (C=O) groups excluding carboxylic acids is 5. The van der Waals surface area contributed by atoms with Crippen molar-refractivity contribution in [2.24, 2.45) is 22.7 Å². The third-order valence-corrected chi connectivity index (χ3v) is 9.52. The van der Waals surface area contributed by atoms with Crippen molar-refractivity contribution in [3.8, 4) is 0 Å². The summed E-state index contributed by atoms with van der Waals surface area (Å²) >= 11 is 0. The van der Waals surface area contributed by atoms with Gasteiger partial charge < -0.3 is 33.9 Å². The normalized spacial score (nSPS) is 40.0. The van der Waals surface area contributed by atoms with Crippen molar-refractivity contribution in [1.29, 1.82) is 0 Å². The number of hydrogen-bond donors (Lipinski definition) is 2. The number of ether oxygens (including phenoxy) is 5. The maximum Gasteiger partial charge on any atom is 0.315 e. The summed E-state index contributed by atoms with van der Waals surface area (Å²) in [6, 6.07) is 0. The number of esters is 5. The van der Waals surface area contributed by atoms with E-state index in [1.807, 2.05) is 6.92 Å². The summed E-state index contributed by atoms with van der Waals surface area (Å²) in [5.41, 5.74) is -4.84. The molecule has 3 rings (SSSR count). The SMILES string of the molecule is CCCC(=O)O[C@H]1C/C(C)=C\[C@@H]2OC(=O)C(C)(C)[C@@]2(O)[C@@H](OC(C)=O)[C@H]2[C@@H](C)[C@@H](O)C[C@H](OC(C)=O)[C@]2(C)[C@H]1OC(C)=O. The van der Waals surface area contributed by atoms with Gasteiger partial charge >= 0.3 is 29.8 Å². The molecule has 1 aliphatic heterocycles. The fourth-order valence-corrected chi connectivity index (χ4v) is 7.29. The molecular weight excluding hydrogens is 564 g/mol. The van der Waals surface area contributed by atoms with Crippen LogP contribution >= 0.6 is 0 Å². The van der Waals surface area contributed by atoms with Gasteiger partial charge in [-0.2, -0.15) is 0 Å². The minimum Gasteiger partial charge on any atom is -0.462 e. The summed E-state index contributed by atoms with van der Waals surface area (Å²) in [4.78, 5) is 64.1. The molecule has 12 heteroatoms. The standard InChI is InChI=1S/C31H46O12/c1-10-11-24(36)42-21-12-15(2)13-23-31(38,29(7,8)28(37)43-23)27(41-19(6)34)25-16(3)20(35)14-22(39-17(4)32)30(25,9)26(21)40-18(5)33/h13,16,20-23,25-27,35,38H,10-12,14H2,1-9H3/b15-13-/t16-,20-,21-,22-,23-,25+,26-,27-,30-,31-/m0/s1. The molecule has 10 atom stereocenters. The predicted molar refractivity (Wildman–Crippen MR) is 150 cm³/mol. The molecule has 0 aromatic rings. The van der Waals surface area contributed by atoms with Crippen molar-refractivity contribution in [2.45, 2.75) is 130 Å². The van der Waals surface area contributed by atoms with Gasteiger partial charge in [-0.3, -0.25) is 24.0 Å². The first kappa shape index (κ1) is 34.5. The van der Waals surface area contributed by atoms with Crippen molar-refractivity contribution in [2.75, 3.05) is 0 Å². The Balaban J connectivity index is 2.48. The van der Waals surface area contributed by atoms with Crippen LogP contribution in [0.4, 0.5) is 0 Å². The van der Waals surface area contributed by atoms with Crippen molar-refractivity contribution in [3.63, 3.8) is 0 Å². The molecule has 0 bridgehead atoms. The second-order valence-corrected chi connectivity index (χ2v) is 13.0. The number of aliphatic hydroxyl groups excluding tert-OH is 1. The molecule has 1 saturated carbocycles. The van der Waals surface area contributed by atoms with Crippen LogP contribution < -0.4 is 0 Å². The number of hydrogen-bond acceptors (Lipinski definition) is 12. The number of rotatable bonds is 6. The van der Waals surface area contributed by atoms with E-state index in [-0.39, 0.29) is 19.3 Å². The molecule has 12 nitrogen and oxygen atoms in total. The zero-order valence-electron chi connectivity index (χ0n) is 26.5. The van der Waals surface area contributed by atoms with Crippen LogP contribution in [0.25, 0.3) is 0 Å². The highest BCUT2D eigenvalue weighted by Gasteiger charge is 2.73. The average molecular weight is 611 g/mol. The van der Waals surface area contributed by atoms with Crippen LogP contribution in [-0.4, -0.2) is 82.3 Å². The summed E-state index contributed by atoms with van der Waals surface area (Å²) in [5.74, 6) is -5.42. The highest BCUT2D eigenvalue weighted by Crippen LogP contribution is 2.59. The number of fused-ring (bicyclic) bond motifs is 2. The maximum atomic E-state index is 13.3. The Bertz CT molecular complexity index is 1160. The van der Waals surface area contributed by atoms with Crippen LogP contribution in [0.1, 0.15) is 88.0 Å². The van der Waals surface area contributed by atoms with Gasteiger partial charge in [-0.25, -0.2) is 0 Å². The van der Waals surface area contributed by atoms with E-state index in [0.29, 0.717) is 12.0 Å². The van der Waals surface area contributed by atoms with Crippen molar-refractivity contribution < 1.29 is 57.9 Å². The zero-order valence-corrected chi connectivity index (χ0v) is 26.5. The Morgan fingerprint density at radius 3 is 2.07 bits per heavy atom. The molecular formula is C31H46O12. The van der Waals surface area contributed by atoms with E-state index in [2.05, 4.69) is 0 Å². The summed E-state index contributed by atoms with van der Waals surface area (Å²) < 4.78 is 29.4. The maximum absolute atomic E-state index is 13.3. The van der Waals surface area contributed by atoms with E-state index < -0.39 is 94.7 Å². The lowest BCUT2D eigenvalue weighted by molar-refractivity contribution is -0.265. The molecule has 2 fully saturated rings. The van der Waals surface area contributed by atoms with E-state index >= 15 is 0 Å². The van der Waals surface area contributed by atoms with Gasteiger partial charge in [0.2, 0.25) is 0 Å². The van der Waals surface area contributed by atoms with Crippen LogP contribution in [-0.2, 0) is 47.7 Å². The first-order valence-electron chi connectivity index (χ1n) is 14.8. The molecule has 0 radical (unpaired) electrons. The molecule has 0 unspecified atom stereocenters. The number of aliphatic hydroxyl groups is 2. The highest BCUT2D eigenvalue weighted by atomic mass is 16.6. The first-order valence-corrected chi connectivity index (χ1v) is 14.8. The monoisotopic (exact) mass is 610 g/mol. The minimum atomic E-state index is -2.19. The first-order chi connectivity index (χ1) is 19.8. The van der Waals surface area contributed by atoms with Gasteiger partial charge in [-0.15, -0.1) is 0 Å². The molecule has 0 spiro atoms. The van der Waals surface area contributed by atoms with Gasteiger partial charge in [0, 0.05) is 46.0 Å². The Hall–Kier alpha value is -2.99. The lowest BCUT2D eigenvalue weighted by atomic mass is 9.51. The largest absolute Gasteiger partial charge is 0.462 e. The van der Waals surface area contributed by atoms with Gasteiger partial charge in [-0.05, 0) is 39.2 Å². The Labute approximate surface area is 252 Å². The molecule has 0 amide bonds. The Morgan fingerprint density at radius 1 is 0.977 bits per heavy atom. The van der Waals surface area contributed by atoms with E-state index in [1.165, 1.54) is 33.8 Å². The predicted octanol–water partition coefficient (Wildman–Crippen LogP) is 2.55. The Kier molecular flexibility index (Phi) is 10.1. The molecule has 0 aromatic carbocycles. The fraction of sp³-hybridized carbons (Fsp3) is 0.774. The van der Waals surface area contributed by atoms with Crippen molar-refractivity contribution in [3.05, 3.63) is 11.6 Å². The molecule has 2 aliphatic carbocycles. The van der Waals surface area contributed by atoms with Crippen LogP contribution in [0.2, 0.25) is 0 Å². The second-order valence-electron chi connectivity index (χ2n) is 13.0. The highest BCUT2D eigenvalue weighted by molar-refractivity contribution is 5.81. The molecule has 242 valence electrons. The lowest BCUT2D eigenvalue weighted by Gasteiger charge is -2.59. The summed E-state index contributed by atoms with van der Waals surface area (Å²) in [7, 11) is 0. The topological polar surface area (TPSA) is 172 Å². The molecule has 2 N–H and O–H groups in total. The van der Waals surface area contributed by atoms with E-state index in [0.717, 1.165) is 6.92 Å². The van der Waals surface area contributed by atoms with Crippen molar-refractivity contribution >= 4 is 29.8 Å². The fourth-order valence-electron chi connectivity index (χ4n) is 7.29. The molecule has 0 aromatic heterocycles. The van der Waals surface area contributed by atoms with Crippen LogP contribution in [0, 0.1) is 22.7 Å². The van der Waals surface area contributed by atoms with Gasteiger partial charge in [0.05, 0.1) is 16.9 Å². The summed E-state index contributed by atoms with van der Waals surface area (Å²) in [6.45, 7) is 13.3. The van der Waals surface area contributed by atoms with E-state index in [1.54, 1.807) is 20.8 Å². The summed E-state index contributed by atoms with van der Waals surface area (Å²) in [5, 5.41) is 24.0. The molecule has 43 heavy (non-hydrogen) atoms. The smallest absolute Gasteiger partial charge is 0.315 e. The number of carbonyl (C=O) groups is 5. The quantitative estimate of drug-likeness (QED) is 0.256. The van der Waals surface area contributed by atoms with E-state index in [4.69, 9.17) is 23.7 Å². The van der Waals surface area contributed by atoms with E-state index in [9.17, 15) is 34.2 Å². The van der Waals surface area contributed by atoms with Crippen molar-refractivity contribution in [1.82, 2.24) is 0 Å². The van der Waals surface area contributed by atoms with Crippen LogP contribution in [0.15, 0.2) is 11.6 Å². The van der Waals surface area contributed by atoms with Gasteiger partial charge in [-0.1, -0.05) is 26.3 Å². The Morgan fingerprint density at radius 2 is 1.53 bits per heavy atom. The summed E-state index contributed by atoms with van der Waals surface area (Å²) in [6.07, 6.45) is -5.59. The third kappa shape index (κ3) is 6.18.